The van der Waals surface area contributed by atoms with E-state index >= 15 is 0 Å². The van der Waals surface area contributed by atoms with Crippen LogP contribution < -0.4 is 4.90 Å². The van der Waals surface area contributed by atoms with Crippen molar-refractivity contribution in [1.29, 1.82) is 0 Å². The summed E-state index contributed by atoms with van der Waals surface area (Å²) in [6.45, 7) is 4.03. The fraction of sp³-hybridized carbons (Fsp3) is 0.273. The van der Waals surface area contributed by atoms with E-state index in [0.29, 0.717) is 17.6 Å². The number of rotatable bonds is 3. The molecular formula is C11H10BrN3O3. The van der Waals surface area contributed by atoms with E-state index in [1.54, 1.807) is 6.08 Å². The SMILES string of the molecule is C=CC1CC(=O)N(c2ncc(Br)nc2C(=O)O)C1. The van der Waals surface area contributed by atoms with Crippen LogP contribution in [0.15, 0.2) is 23.5 Å². The number of hydrogen-bond donors (Lipinski definition) is 1. The molecule has 1 aromatic rings. The molecule has 0 spiro atoms. The van der Waals surface area contributed by atoms with Gasteiger partial charge in [0.05, 0.1) is 6.20 Å². The highest BCUT2D eigenvalue weighted by Crippen LogP contribution is 2.26. The monoisotopic (exact) mass is 311 g/mol. The first-order valence-corrected chi connectivity index (χ1v) is 6.01. The molecule has 1 N–H and O–H groups in total. The molecule has 0 radical (unpaired) electrons. The highest BCUT2D eigenvalue weighted by atomic mass is 79.9. The standard InChI is InChI=1S/C11H10BrN3O3/c1-2-6-3-8(16)15(5-6)10-9(11(17)18)14-7(12)4-13-10/h2,4,6H,1,3,5H2,(H,17,18). The van der Waals surface area contributed by atoms with Crippen molar-refractivity contribution in [3.63, 3.8) is 0 Å². The zero-order valence-electron chi connectivity index (χ0n) is 9.34. The first-order valence-electron chi connectivity index (χ1n) is 5.21. The van der Waals surface area contributed by atoms with E-state index < -0.39 is 5.97 Å². The molecule has 6 nitrogen and oxygen atoms in total. The van der Waals surface area contributed by atoms with Gasteiger partial charge in [0.25, 0.3) is 0 Å². The summed E-state index contributed by atoms with van der Waals surface area (Å²) < 4.78 is 0.315. The van der Waals surface area contributed by atoms with Crippen LogP contribution in [0.4, 0.5) is 5.82 Å². The zero-order chi connectivity index (χ0) is 13.3. The van der Waals surface area contributed by atoms with Gasteiger partial charge in [-0.25, -0.2) is 14.8 Å². The second kappa shape index (κ2) is 4.85. The highest BCUT2D eigenvalue weighted by molar-refractivity contribution is 9.10. The number of halogens is 1. The lowest BCUT2D eigenvalue weighted by Crippen LogP contribution is -2.28. The maximum absolute atomic E-state index is 11.8. The Morgan fingerprint density at radius 2 is 2.39 bits per heavy atom. The van der Waals surface area contributed by atoms with E-state index in [0.717, 1.165) is 0 Å². The minimum atomic E-state index is -1.21. The number of aromatic nitrogens is 2. The summed E-state index contributed by atoms with van der Waals surface area (Å²) >= 11 is 3.06. The molecule has 0 saturated carbocycles. The van der Waals surface area contributed by atoms with Crippen molar-refractivity contribution in [2.24, 2.45) is 5.92 Å². The summed E-state index contributed by atoms with van der Waals surface area (Å²) in [5.41, 5.74) is -0.234. The highest BCUT2D eigenvalue weighted by Gasteiger charge is 2.32. The Kier molecular flexibility index (Phi) is 3.42. The molecule has 1 aromatic heterocycles. The van der Waals surface area contributed by atoms with Gasteiger partial charge in [0.1, 0.15) is 4.60 Å². The van der Waals surface area contributed by atoms with Gasteiger partial charge in [-0.2, -0.15) is 0 Å². The number of amides is 1. The fourth-order valence-corrected chi connectivity index (χ4v) is 2.08. The van der Waals surface area contributed by atoms with Gasteiger partial charge >= 0.3 is 5.97 Å². The first-order chi connectivity index (χ1) is 8.52. The van der Waals surface area contributed by atoms with Crippen LogP contribution >= 0.6 is 15.9 Å². The molecule has 1 amide bonds. The van der Waals surface area contributed by atoms with Crippen LogP contribution in [0.25, 0.3) is 0 Å². The second-order valence-electron chi connectivity index (χ2n) is 3.87. The lowest BCUT2D eigenvalue weighted by Gasteiger charge is -2.16. The van der Waals surface area contributed by atoms with E-state index in [2.05, 4.69) is 32.5 Å². The summed E-state index contributed by atoms with van der Waals surface area (Å²) in [4.78, 5) is 32.1. The topological polar surface area (TPSA) is 83.4 Å². The van der Waals surface area contributed by atoms with Gasteiger partial charge in [-0.1, -0.05) is 6.08 Å². The van der Waals surface area contributed by atoms with Crippen LogP contribution in [0.5, 0.6) is 0 Å². The van der Waals surface area contributed by atoms with Crippen LogP contribution in [-0.2, 0) is 4.79 Å². The average molecular weight is 312 g/mol. The molecule has 1 saturated heterocycles. The number of anilines is 1. The Morgan fingerprint density at radius 3 is 2.94 bits per heavy atom. The molecule has 2 rings (SSSR count). The van der Waals surface area contributed by atoms with E-state index in [-0.39, 0.29) is 23.3 Å². The normalized spacial score (nSPS) is 19.1. The Hall–Kier alpha value is -1.76. The third-order valence-corrected chi connectivity index (χ3v) is 3.05. The second-order valence-corrected chi connectivity index (χ2v) is 4.69. The number of carbonyl (C=O) groups excluding carboxylic acids is 1. The van der Waals surface area contributed by atoms with E-state index in [1.807, 2.05) is 0 Å². The van der Waals surface area contributed by atoms with Crippen molar-refractivity contribution in [2.45, 2.75) is 6.42 Å². The predicted molar refractivity (Wildman–Crippen MR) is 67.3 cm³/mol. The minimum Gasteiger partial charge on any atom is -0.476 e. The van der Waals surface area contributed by atoms with E-state index in [9.17, 15) is 9.59 Å². The van der Waals surface area contributed by atoms with E-state index in [1.165, 1.54) is 11.1 Å². The first kappa shape index (κ1) is 12.7. The number of carboxylic acids is 1. The fourth-order valence-electron chi connectivity index (χ4n) is 1.80. The lowest BCUT2D eigenvalue weighted by atomic mass is 10.1. The molecule has 1 atom stereocenters. The van der Waals surface area contributed by atoms with Gasteiger partial charge in [0.2, 0.25) is 5.91 Å². The quantitative estimate of drug-likeness (QED) is 0.855. The van der Waals surface area contributed by atoms with Gasteiger partial charge in [0, 0.05) is 18.9 Å². The molecular weight excluding hydrogens is 302 g/mol. The lowest BCUT2D eigenvalue weighted by molar-refractivity contribution is -0.117. The molecule has 1 aliphatic rings. The molecule has 1 unspecified atom stereocenters. The van der Waals surface area contributed by atoms with Crippen LogP contribution in [0.2, 0.25) is 0 Å². The van der Waals surface area contributed by atoms with Gasteiger partial charge in [-0.3, -0.25) is 9.69 Å². The molecule has 2 heterocycles. The number of carbonyl (C=O) groups is 2. The van der Waals surface area contributed by atoms with Crippen LogP contribution in [0.1, 0.15) is 16.9 Å². The Morgan fingerprint density at radius 1 is 1.67 bits per heavy atom. The van der Waals surface area contributed by atoms with Gasteiger partial charge in [-0.05, 0) is 15.9 Å². The molecule has 0 bridgehead atoms. The number of aromatic carboxylic acids is 1. The zero-order valence-corrected chi connectivity index (χ0v) is 10.9. The van der Waals surface area contributed by atoms with Crippen molar-refractivity contribution in [3.05, 3.63) is 29.1 Å². The number of carboxylic acid groups (broad SMARTS) is 1. The molecule has 7 heteroatoms. The van der Waals surface area contributed by atoms with Crippen molar-refractivity contribution in [1.82, 2.24) is 9.97 Å². The predicted octanol–water partition coefficient (Wildman–Crippen LogP) is 1.48. The van der Waals surface area contributed by atoms with Gasteiger partial charge in [-0.15, -0.1) is 6.58 Å². The largest absolute Gasteiger partial charge is 0.476 e. The van der Waals surface area contributed by atoms with E-state index in [4.69, 9.17) is 5.11 Å². The summed E-state index contributed by atoms with van der Waals surface area (Å²) in [5, 5.41) is 9.08. The van der Waals surface area contributed by atoms with Crippen molar-refractivity contribution in [3.8, 4) is 0 Å². The van der Waals surface area contributed by atoms with Crippen molar-refractivity contribution >= 4 is 33.6 Å². The summed E-state index contributed by atoms with van der Waals surface area (Å²) in [6, 6.07) is 0. The maximum Gasteiger partial charge on any atom is 0.358 e. The minimum absolute atomic E-state index is 0.0181. The van der Waals surface area contributed by atoms with Crippen molar-refractivity contribution in [2.75, 3.05) is 11.4 Å². The van der Waals surface area contributed by atoms with Crippen molar-refractivity contribution < 1.29 is 14.7 Å². The van der Waals surface area contributed by atoms with Crippen LogP contribution in [0.3, 0.4) is 0 Å². The average Bonchev–Trinajstić information content (AvgIpc) is 2.70. The van der Waals surface area contributed by atoms with Gasteiger partial charge < -0.3 is 5.11 Å². The summed E-state index contributed by atoms with van der Waals surface area (Å²) in [6.07, 6.45) is 3.38. The third kappa shape index (κ3) is 2.26. The number of hydrogen-bond acceptors (Lipinski definition) is 4. The molecule has 1 fully saturated rings. The number of nitrogens with zero attached hydrogens (tertiary/aromatic N) is 3. The molecule has 18 heavy (non-hydrogen) atoms. The molecule has 0 aromatic carbocycles. The molecule has 1 aliphatic heterocycles. The summed E-state index contributed by atoms with van der Waals surface area (Å²) in [7, 11) is 0. The molecule has 94 valence electrons. The third-order valence-electron chi connectivity index (χ3n) is 2.67. The Labute approximate surface area is 111 Å². The maximum atomic E-state index is 11.8. The molecule has 0 aliphatic carbocycles. The Balaban J connectivity index is 2.42. The summed E-state index contributed by atoms with van der Waals surface area (Å²) in [5.74, 6) is -1.28. The smallest absolute Gasteiger partial charge is 0.358 e. The van der Waals surface area contributed by atoms with Crippen LogP contribution in [0, 0.1) is 5.92 Å². The van der Waals surface area contributed by atoms with Gasteiger partial charge in [0.15, 0.2) is 11.5 Å². The Bertz CT molecular complexity index is 532. The van der Waals surface area contributed by atoms with Crippen LogP contribution in [-0.4, -0.2) is 33.5 Å².